The first-order chi connectivity index (χ1) is 17.0. The molecule has 35 heavy (non-hydrogen) atoms. The van der Waals surface area contributed by atoms with Crippen molar-refractivity contribution in [3.05, 3.63) is 35.6 Å². The first-order valence-electron chi connectivity index (χ1n) is 12.5. The smallest absolute Gasteiger partial charge is 0.305 e. The molecule has 2 heterocycles. The summed E-state index contributed by atoms with van der Waals surface area (Å²) < 4.78 is 30.8. The van der Waals surface area contributed by atoms with Crippen molar-refractivity contribution in [1.82, 2.24) is 14.7 Å². The molecule has 2 aliphatic rings. The van der Waals surface area contributed by atoms with Crippen LogP contribution < -0.4 is 0 Å². The summed E-state index contributed by atoms with van der Waals surface area (Å²) in [6, 6.07) is 6.02. The quantitative estimate of drug-likeness (QED) is 0.430. The predicted molar refractivity (Wildman–Crippen MR) is 128 cm³/mol. The topological polar surface area (TPSA) is 91.8 Å². The van der Waals surface area contributed by atoms with Crippen LogP contribution in [0.3, 0.4) is 0 Å². The van der Waals surface area contributed by atoms with Crippen molar-refractivity contribution in [3.8, 4) is 0 Å². The lowest BCUT2D eigenvalue weighted by atomic mass is 10.1. The van der Waals surface area contributed by atoms with Crippen LogP contribution in [0.1, 0.15) is 30.1 Å². The standard InChI is InChI=1S/C25H38FN3O6/c1-2-5-24(31)35-19-20(30)16-28-12-15-34-21(17-28)18-29(9-8-27-10-13-33-14-11-27)25(32)22-6-3-4-7-23(22)26/h3-4,6-7,20-21,30H,2,5,8-19H2,1H3. The SMILES string of the molecule is CCCC(=O)OCC(O)CN1CCOC(CN(CCN2CCOCC2)C(=O)c2ccccc2F)C1. The summed E-state index contributed by atoms with van der Waals surface area (Å²) in [6.07, 6.45) is -0.0397. The van der Waals surface area contributed by atoms with Crippen LogP contribution in [0.5, 0.6) is 0 Å². The Bertz CT molecular complexity index is 807. The van der Waals surface area contributed by atoms with Crippen molar-refractivity contribution in [1.29, 1.82) is 0 Å². The molecule has 0 saturated carbocycles. The summed E-state index contributed by atoms with van der Waals surface area (Å²) in [4.78, 5) is 30.7. The van der Waals surface area contributed by atoms with Gasteiger partial charge in [-0.05, 0) is 18.6 Å². The third kappa shape index (κ3) is 9.12. The Morgan fingerprint density at radius 2 is 1.94 bits per heavy atom. The van der Waals surface area contributed by atoms with Gasteiger partial charge in [0.1, 0.15) is 18.5 Å². The summed E-state index contributed by atoms with van der Waals surface area (Å²) in [5.41, 5.74) is 0.0476. The molecule has 10 heteroatoms. The number of benzene rings is 1. The third-order valence-corrected chi connectivity index (χ3v) is 6.19. The van der Waals surface area contributed by atoms with E-state index in [4.69, 9.17) is 14.2 Å². The van der Waals surface area contributed by atoms with Crippen molar-refractivity contribution in [2.75, 3.05) is 78.8 Å². The van der Waals surface area contributed by atoms with Gasteiger partial charge in [0.2, 0.25) is 0 Å². The van der Waals surface area contributed by atoms with E-state index in [1.165, 1.54) is 12.1 Å². The molecule has 3 rings (SSSR count). The molecule has 1 amide bonds. The minimum atomic E-state index is -0.799. The van der Waals surface area contributed by atoms with E-state index in [1.54, 1.807) is 17.0 Å². The van der Waals surface area contributed by atoms with Gasteiger partial charge in [-0.25, -0.2) is 4.39 Å². The largest absolute Gasteiger partial charge is 0.463 e. The second-order valence-corrected chi connectivity index (χ2v) is 9.02. The molecule has 1 aromatic rings. The summed E-state index contributed by atoms with van der Waals surface area (Å²) in [6.45, 7) is 8.16. The molecule has 0 aromatic heterocycles. The normalized spacial score (nSPS) is 20.4. The molecule has 2 fully saturated rings. The lowest BCUT2D eigenvalue weighted by Gasteiger charge is -2.37. The van der Waals surface area contributed by atoms with Gasteiger partial charge < -0.3 is 24.2 Å². The number of aliphatic hydroxyl groups is 1. The Morgan fingerprint density at radius 3 is 2.69 bits per heavy atom. The van der Waals surface area contributed by atoms with Gasteiger partial charge in [0.15, 0.2) is 0 Å². The lowest BCUT2D eigenvalue weighted by molar-refractivity contribution is -0.147. The number of ether oxygens (including phenoxy) is 3. The van der Waals surface area contributed by atoms with Crippen molar-refractivity contribution in [3.63, 3.8) is 0 Å². The van der Waals surface area contributed by atoms with Crippen LogP contribution in [0.15, 0.2) is 24.3 Å². The Balaban J connectivity index is 1.57. The van der Waals surface area contributed by atoms with Gasteiger partial charge in [-0.3, -0.25) is 19.4 Å². The number of morpholine rings is 2. The molecular weight excluding hydrogens is 457 g/mol. The van der Waals surface area contributed by atoms with Gasteiger partial charge in [-0.1, -0.05) is 19.1 Å². The van der Waals surface area contributed by atoms with Crippen LogP contribution in [0.4, 0.5) is 4.39 Å². The van der Waals surface area contributed by atoms with E-state index in [0.717, 1.165) is 13.1 Å². The monoisotopic (exact) mass is 495 g/mol. The summed E-state index contributed by atoms with van der Waals surface area (Å²) >= 11 is 0. The maximum atomic E-state index is 14.4. The predicted octanol–water partition coefficient (Wildman–Crippen LogP) is 1.01. The van der Waals surface area contributed by atoms with Crippen molar-refractivity contribution < 1.29 is 33.3 Å². The number of amides is 1. The summed E-state index contributed by atoms with van der Waals surface area (Å²) in [7, 11) is 0. The zero-order chi connectivity index (χ0) is 25.0. The van der Waals surface area contributed by atoms with Crippen LogP contribution in [-0.2, 0) is 19.0 Å². The lowest BCUT2D eigenvalue weighted by Crippen LogP contribution is -2.52. The highest BCUT2D eigenvalue weighted by Gasteiger charge is 2.28. The fraction of sp³-hybridized carbons (Fsp3) is 0.680. The molecular formula is C25H38FN3O6. The number of carbonyl (C=O) groups is 2. The number of carbonyl (C=O) groups excluding carboxylic acids is 2. The van der Waals surface area contributed by atoms with E-state index in [0.29, 0.717) is 71.9 Å². The first kappa shape index (κ1) is 27.5. The number of esters is 1. The highest BCUT2D eigenvalue weighted by molar-refractivity contribution is 5.94. The molecule has 196 valence electrons. The molecule has 1 aromatic carbocycles. The maximum Gasteiger partial charge on any atom is 0.305 e. The minimum Gasteiger partial charge on any atom is -0.463 e. The zero-order valence-corrected chi connectivity index (χ0v) is 20.6. The highest BCUT2D eigenvalue weighted by atomic mass is 19.1. The van der Waals surface area contributed by atoms with Gasteiger partial charge in [0.25, 0.3) is 5.91 Å². The summed E-state index contributed by atoms with van der Waals surface area (Å²) in [5, 5.41) is 10.3. The first-order valence-corrected chi connectivity index (χ1v) is 12.5. The van der Waals surface area contributed by atoms with E-state index in [2.05, 4.69) is 4.90 Å². The van der Waals surface area contributed by atoms with E-state index < -0.39 is 11.9 Å². The molecule has 2 atom stereocenters. The van der Waals surface area contributed by atoms with E-state index >= 15 is 0 Å². The number of rotatable bonds is 12. The van der Waals surface area contributed by atoms with E-state index in [9.17, 15) is 19.1 Å². The Kier molecular flexibility index (Phi) is 11.3. The number of β-amino-alcohol motifs (C(OH)–C–C–N with tert-alkyl or cyclic N) is 1. The van der Waals surface area contributed by atoms with Crippen molar-refractivity contribution >= 4 is 11.9 Å². The molecule has 2 aliphatic heterocycles. The average Bonchev–Trinajstić information content (AvgIpc) is 2.86. The van der Waals surface area contributed by atoms with Gasteiger partial charge in [-0.2, -0.15) is 0 Å². The van der Waals surface area contributed by atoms with Crippen LogP contribution in [0.25, 0.3) is 0 Å². The molecule has 9 nitrogen and oxygen atoms in total. The maximum absolute atomic E-state index is 14.4. The Hall–Kier alpha value is -2.11. The van der Waals surface area contributed by atoms with Gasteiger partial charge in [0.05, 0.1) is 31.5 Å². The van der Waals surface area contributed by atoms with Gasteiger partial charge >= 0.3 is 5.97 Å². The molecule has 0 spiro atoms. The van der Waals surface area contributed by atoms with E-state index in [1.807, 2.05) is 11.8 Å². The fourth-order valence-corrected chi connectivity index (χ4v) is 4.29. The third-order valence-electron chi connectivity index (χ3n) is 6.19. The van der Waals surface area contributed by atoms with Crippen LogP contribution in [0, 0.1) is 5.82 Å². The average molecular weight is 496 g/mol. The Morgan fingerprint density at radius 1 is 1.20 bits per heavy atom. The van der Waals surface area contributed by atoms with Crippen LogP contribution in [-0.4, -0.2) is 123 Å². The van der Waals surface area contributed by atoms with E-state index in [-0.39, 0.29) is 30.2 Å². The van der Waals surface area contributed by atoms with Gasteiger partial charge in [-0.15, -0.1) is 0 Å². The fourth-order valence-electron chi connectivity index (χ4n) is 4.29. The van der Waals surface area contributed by atoms with Gasteiger partial charge in [0, 0.05) is 58.8 Å². The molecule has 0 radical (unpaired) electrons. The molecule has 1 N–H and O–H groups in total. The van der Waals surface area contributed by atoms with Crippen molar-refractivity contribution in [2.24, 2.45) is 0 Å². The summed E-state index contributed by atoms with van der Waals surface area (Å²) in [5.74, 6) is -1.21. The second-order valence-electron chi connectivity index (χ2n) is 9.02. The second kappa shape index (κ2) is 14.4. The number of hydrogen-bond donors (Lipinski definition) is 1. The number of aliphatic hydroxyl groups excluding tert-OH is 1. The molecule has 2 unspecified atom stereocenters. The number of halogens is 1. The minimum absolute atomic E-state index is 0.0434. The zero-order valence-electron chi connectivity index (χ0n) is 20.6. The molecule has 0 aliphatic carbocycles. The Labute approximate surface area is 206 Å². The van der Waals surface area contributed by atoms with Crippen LogP contribution in [0.2, 0.25) is 0 Å². The molecule has 2 saturated heterocycles. The number of hydrogen-bond acceptors (Lipinski definition) is 8. The highest BCUT2D eigenvalue weighted by Crippen LogP contribution is 2.14. The van der Waals surface area contributed by atoms with Crippen molar-refractivity contribution in [2.45, 2.75) is 32.0 Å². The van der Waals surface area contributed by atoms with Crippen LogP contribution >= 0.6 is 0 Å². The number of nitrogens with zero attached hydrogens (tertiary/aromatic N) is 3. The molecule has 0 bridgehead atoms.